The molecule has 1 unspecified atom stereocenters. The molecule has 3 N–H and O–H groups in total. The smallest absolute Gasteiger partial charge is 0.101 e. The molecular formula is C13H17N3O. The van der Waals surface area contributed by atoms with Gasteiger partial charge in [-0.3, -0.25) is 0 Å². The largest absolute Gasteiger partial charge is 0.399 e. The van der Waals surface area contributed by atoms with Crippen molar-refractivity contribution in [2.24, 2.45) is 5.92 Å². The van der Waals surface area contributed by atoms with E-state index in [0.717, 1.165) is 38.3 Å². The number of nitriles is 1. The van der Waals surface area contributed by atoms with Crippen LogP contribution in [0.5, 0.6) is 0 Å². The second-order valence-corrected chi connectivity index (χ2v) is 4.36. The minimum atomic E-state index is 0.604. The summed E-state index contributed by atoms with van der Waals surface area (Å²) in [6.07, 6.45) is 2.23. The Morgan fingerprint density at radius 1 is 1.53 bits per heavy atom. The number of hydrogen-bond donors (Lipinski definition) is 2. The molecule has 1 aromatic carbocycles. The van der Waals surface area contributed by atoms with E-state index in [0.29, 0.717) is 17.2 Å². The average Bonchev–Trinajstić information content (AvgIpc) is 2.84. The van der Waals surface area contributed by atoms with E-state index in [9.17, 15) is 0 Å². The Bertz CT molecular complexity index is 419. The predicted molar refractivity (Wildman–Crippen MR) is 67.6 cm³/mol. The highest BCUT2D eigenvalue weighted by Gasteiger charge is 2.14. The summed E-state index contributed by atoms with van der Waals surface area (Å²) in [7, 11) is 0. The Balaban J connectivity index is 1.88. The van der Waals surface area contributed by atoms with E-state index in [1.807, 2.05) is 12.1 Å². The van der Waals surface area contributed by atoms with Crippen molar-refractivity contribution in [2.75, 3.05) is 30.8 Å². The normalized spacial score (nSPS) is 18.9. The van der Waals surface area contributed by atoms with Crippen molar-refractivity contribution in [1.29, 1.82) is 5.26 Å². The Morgan fingerprint density at radius 3 is 3.12 bits per heavy atom. The molecule has 1 saturated heterocycles. The summed E-state index contributed by atoms with van der Waals surface area (Å²) in [6, 6.07) is 7.51. The first kappa shape index (κ1) is 11.7. The molecule has 2 rings (SSSR count). The Morgan fingerprint density at radius 2 is 2.41 bits per heavy atom. The van der Waals surface area contributed by atoms with E-state index < -0.39 is 0 Å². The van der Waals surface area contributed by atoms with E-state index >= 15 is 0 Å². The summed E-state index contributed by atoms with van der Waals surface area (Å²) < 4.78 is 5.32. The zero-order chi connectivity index (χ0) is 12.1. The summed E-state index contributed by atoms with van der Waals surface area (Å²) in [5.74, 6) is 0.654. The van der Waals surface area contributed by atoms with Gasteiger partial charge in [-0.1, -0.05) is 0 Å². The molecule has 0 spiro atoms. The highest BCUT2D eigenvalue weighted by atomic mass is 16.5. The van der Waals surface area contributed by atoms with Crippen molar-refractivity contribution in [3.05, 3.63) is 23.8 Å². The number of nitrogens with two attached hydrogens (primary N) is 1. The van der Waals surface area contributed by atoms with Crippen LogP contribution in [0.15, 0.2) is 18.2 Å². The van der Waals surface area contributed by atoms with Crippen molar-refractivity contribution in [3.63, 3.8) is 0 Å². The minimum absolute atomic E-state index is 0.604. The number of rotatable bonds is 4. The summed E-state index contributed by atoms with van der Waals surface area (Å²) in [6.45, 7) is 2.62. The Hall–Kier alpha value is -1.73. The third-order valence-corrected chi connectivity index (χ3v) is 3.06. The third-order valence-electron chi connectivity index (χ3n) is 3.06. The highest BCUT2D eigenvalue weighted by molar-refractivity contribution is 5.62. The monoisotopic (exact) mass is 231 g/mol. The van der Waals surface area contributed by atoms with Crippen molar-refractivity contribution in [3.8, 4) is 6.07 Å². The van der Waals surface area contributed by atoms with Gasteiger partial charge in [0, 0.05) is 25.4 Å². The number of anilines is 2. The number of hydrogen-bond acceptors (Lipinski definition) is 4. The molecule has 0 radical (unpaired) electrons. The molecule has 1 aliphatic rings. The fraction of sp³-hybridized carbons (Fsp3) is 0.462. The first-order valence-electron chi connectivity index (χ1n) is 5.91. The molecule has 0 aromatic heterocycles. The standard InChI is InChI=1S/C13H17N3O/c14-8-11-7-12(15)1-2-13(11)16-5-3-10-4-6-17-9-10/h1-2,7,10,16H,3-6,9,15H2. The number of nitrogen functional groups attached to an aromatic ring is 1. The zero-order valence-corrected chi connectivity index (χ0v) is 9.78. The fourth-order valence-corrected chi connectivity index (χ4v) is 2.03. The summed E-state index contributed by atoms with van der Waals surface area (Å²) in [5.41, 5.74) is 7.72. The predicted octanol–water partition coefficient (Wildman–Crippen LogP) is 1.98. The van der Waals surface area contributed by atoms with Crippen LogP contribution in [0.4, 0.5) is 11.4 Å². The zero-order valence-electron chi connectivity index (χ0n) is 9.78. The van der Waals surface area contributed by atoms with E-state index in [-0.39, 0.29) is 0 Å². The van der Waals surface area contributed by atoms with Gasteiger partial charge in [-0.15, -0.1) is 0 Å². The maximum atomic E-state index is 8.99. The van der Waals surface area contributed by atoms with Crippen LogP contribution < -0.4 is 11.1 Å². The van der Waals surface area contributed by atoms with Crippen molar-refractivity contribution >= 4 is 11.4 Å². The van der Waals surface area contributed by atoms with Crippen LogP contribution in [-0.4, -0.2) is 19.8 Å². The van der Waals surface area contributed by atoms with Crippen molar-refractivity contribution < 1.29 is 4.74 Å². The van der Waals surface area contributed by atoms with Gasteiger partial charge in [0.1, 0.15) is 6.07 Å². The van der Waals surface area contributed by atoms with Gasteiger partial charge in [0.25, 0.3) is 0 Å². The molecular weight excluding hydrogens is 214 g/mol. The quantitative estimate of drug-likeness (QED) is 0.777. The van der Waals surface area contributed by atoms with Crippen LogP contribution in [0.25, 0.3) is 0 Å². The second-order valence-electron chi connectivity index (χ2n) is 4.36. The number of nitrogens with one attached hydrogen (secondary N) is 1. The van der Waals surface area contributed by atoms with Gasteiger partial charge in [0.15, 0.2) is 0 Å². The average molecular weight is 231 g/mol. The van der Waals surface area contributed by atoms with E-state index in [4.69, 9.17) is 15.7 Å². The molecule has 1 heterocycles. The summed E-state index contributed by atoms with van der Waals surface area (Å²) in [5, 5.41) is 12.3. The molecule has 1 aromatic rings. The third kappa shape index (κ3) is 3.11. The lowest BCUT2D eigenvalue weighted by atomic mass is 10.1. The van der Waals surface area contributed by atoms with Gasteiger partial charge in [-0.25, -0.2) is 0 Å². The van der Waals surface area contributed by atoms with Crippen LogP contribution >= 0.6 is 0 Å². The molecule has 17 heavy (non-hydrogen) atoms. The number of benzene rings is 1. The summed E-state index contributed by atoms with van der Waals surface area (Å²) >= 11 is 0. The van der Waals surface area contributed by atoms with Crippen LogP contribution in [0.2, 0.25) is 0 Å². The molecule has 0 amide bonds. The van der Waals surface area contributed by atoms with E-state index in [1.54, 1.807) is 6.07 Å². The molecule has 1 fully saturated rings. The molecule has 1 aliphatic heterocycles. The molecule has 0 saturated carbocycles. The van der Waals surface area contributed by atoms with Gasteiger partial charge in [0.05, 0.1) is 11.3 Å². The van der Waals surface area contributed by atoms with Crippen LogP contribution in [0.1, 0.15) is 18.4 Å². The molecule has 90 valence electrons. The van der Waals surface area contributed by atoms with Crippen molar-refractivity contribution in [2.45, 2.75) is 12.8 Å². The molecule has 4 nitrogen and oxygen atoms in total. The number of nitrogens with zero attached hydrogens (tertiary/aromatic N) is 1. The van der Waals surface area contributed by atoms with Crippen LogP contribution in [0.3, 0.4) is 0 Å². The highest BCUT2D eigenvalue weighted by Crippen LogP contribution is 2.20. The maximum absolute atomic E-state index is 8.99. The van der Waals surface area contributed by atoms with Gasteiger partial charge >= 0.3 is 0 Å². The topological polar surface area (TPSA) is 71.1 Å². The lowest BCUT2D eigenvalue weighted by molar-refractivity contribution is 0.185. The lowest BCUT2D eigenvalue weighted by Crippen LogP contribution is -2.09. The Labute approximate surface area is 101 Å². The molecule has 0 aliphatic carbocycles. The summed E-state index contributed by atoms with van der Waals surface area (Å²) in [4.78, 5) is 0. The van der Waals surface area contributed by atoms with E-state index in [1.165, 1.54) is 0 Å². The first-order valence-corrected chi connectivity index (χ1v) is 5.91. The fourth-order valence-electron chi connectivity index (χ4n) is 2.03. The Kier molecular flexibility index (Phi) is 3.84. The van der Waals surface area contributed by atoms with Gasteiger partial charge in [-0.2, -0.15) is 5.26 Å². The van der Waals surface area contributed by atoms with Gasteiger partial charge in [-0.05, 0) is 37.0 Å². The minimum Gasteiger partial charge on any atom is -0.399 e. The van der Waals surface area contributed by atoms with E-state index in [2.05, 4.69) is 11.4 Å². The lowest BCUT2D eigenvalue weighted by Gasteiger charge is -2.11. The first-order chi connectivity index (χ1) is 8.29. The molecule has 4 heteroatoms. The second kappa shape index (κ2) is 5.55. The maximum Gasteiger partial charge on any atom is 0.101 e. The van der Waals surface area contributed by atoms with Crippen LogP contribution in [-0.2, 0) is 4.74 Å². The van der Waals surface area contributed by atoms with Crippen LogP contribution in [0, 0.1) is 17.2 Å². The molecule has 0 bridgehead atoms. The number of ether oxygens (including phenoxy) is 1. The van der Waals surface area contributed by atoms with Crippen molar-refractivity contribution in [1.82, 2.24) is 0 Å². The SMILES string of the molecule is N#Cc1cc(N)ccc1NCCC1CCOC1. The molecule has 1 atom stereocenters. The van der Waals surface area contributed by atoms with Gasteiger partial charge in [0.2, 0.25) is 0 Å². The van der Waals surface area contributed by atoms with Gasteiger partial charge < -0.3 is 15.8 Å².